The highest BCUT2D eigenvalue weighted by molar-refractivity contribution is 7.80. The number of ether oxygens (including phenoxy) is 2. The first kappa shape index (κ1) is 22.2. The number of nitrogens with zero attached hydrogens (tertiary/aromatic N) is 3. The van der Waals surface area contributed by atoms with Crippen LogP contribution in [-0.4, -0.2) is 54.7 Å². The van der Waals surface area contributed by atoms with Crippen molar-refractivity contribution in [2.75, 3.05) is 44.5 Å². The molecule has 3 aromatic rings. The minimum Gasteiger partial charge on any atom is -0.494 e. The summed E-state index contributed by atoms with van der Waals surface area (Å²) in [5.41, 5.74) is 9.08. The Hall–Kier alpha value is -2.56. The number of carbonyl (C=O) groups is 1. The van der Waals surface area contributed by atoms with E-state index in [1.807, 2.05) is 6.07 Å². The van der Waals surface area contributed by atoms with E-state index in [1.54, 1.807) is 35.7 Å². The Bertz CT molecular complexity index is 1190. The van der Waals surface area contributed by atoms with Gasteiger partial charge in [0.25, 0.3) is 0 Å². The van der Waals surface area contributed by atoms with Crippen LogP contribution in [0.5, 0.6) is 5.75 Å². The average Bonchev–Trinajstić information content (AvgIpc) is 3.14. The Balaban J connectivity index is 0.000000211. The predicted molar refractivity (Wildman–Crippen MR) is 133 cm³/mol. The molecule has 3 N–H and O–H groups in total. The summed E-state index contributed by atoms with van der Waals surface area (Å²) in [6.07, 6.45) is 7.22. The molecule has 1 amide bonds. The van der Waals surface area contributed by atoms with Crippen LogP contribution in [0.15, 0.2) is 23.4 Å². The first-order chi connectivity index (χ1) is 16.0. The van der Waals surface area contributed by atoms with Crippen LogP contribution >= 0.6 is 24.0 Å². The second kappa shape index (κ2) is 9.00. The highest BCUT2D eigenvalue weighted by Crippen LogP contribution is 2.41. The Kier molecular flexibility index (Phi) is 6.07. The third-order valence-electron chi connectivity index (χ3n) is 6.40. The number of nitrogen functional groups attached to an aromatic ring is 1. The topological polar surface area (TPSA) is 103 Å². The fourth-order valence-corrected chi connectivity index (χ4v) is 6.05. The molecule has 8 nitrogen and oxygen atoms in total. The summed E-state index contributed by atoms with van der Waals surface area (Å²) in [6, 6.07) is 3.64. The lowest BCUT2D eigenvalue weighted by atomic mass is 9.78. The van der Waals surface area contributed by atoms with E-state index in [9.17, 15) is 4.79 Å². The number of carbonyl (C=O) groups excluding carboxylic acids is 1. The minimum atomic E-state index is 0.390. The van der Waals surface area contributed by atoms with E-state index >= 15 is 0 Å². The number of nitrogens with two attached hydrogens (primary N) is 1. The number of benzene rings is 1. The van der Waals surface area contributed by atoms with Crippen LogP contribution in [0.2, 0.25) is 0 Å². The molecule has 3 aliphatic rings. The van der Waals surface area contributed by atoms with Gasteiger partial charge in [-0.3, -0.25) is 4.79 Å². The number of nitrogens with one attached hydrogen (secondary N) is 1. The van der Waals surface area contributed by atoms with Crippen molar-refractivity contribution in [1.82, 2.24) is 14.9 Å². The van der Waals surface area contributed by atoms with Crippen LogP contribution in [-0.2, 0) is 22.4 Å². The summed E-state index contributed by atoms with van der Waals surface area (Å²) in [6.45, 7) is 3.54. The molecular weight excluding hydrogens is 458 g/mol. The van der Waals surface area contributed by atoms with Gasteiger partial charge in [0.05, 0.1) is 36.8 Å². The molecule has 2 fully saturated rings. The molecule has 2 aliphatic heterocycles. The summed E-state index contributed by atoms with van der Waals surface area (Å²) >= 11 is 6.19. The lowest BCUT2D eigenvalue weighted by molar-refractivity contribution is -0.188. The number of aromatic nitrogens is 2. The Morgan fingerprint density at radius 1 is 1.27 bits per heavy atom. The second-order valence-corrected chi connectivity index (χ2v) is 10.4. The highest BCUT2D eigenvalue weighted by atomic mass is 32.1. The zero-order chi connectivity index (χ0) is 23.0. The molecule has 2 saturated heterocycles. The van der Waals surface area contributed by atoms with Crippen molar-refractivity contribution in [3.63, 3.8) is 0 Å². The second-order valence-electron chi connectivity index (χ2n) is 8.85. The number of amides is 1. The first-order valence-electron chi connectivity index (χ1n) is 11.0. The molecule has 10 heteroatoms. The van der Waals surface area contributed by atoms with Crippen LogP contribution in [0, 0.1) is 5.41 Å². The van der Waals surface area contributed by atoms with Gasteiger partial charge in [0.15, 0.2) is 0 Å². The molecule has 0 saturated carbocycles. The summed E-state index contributed by atoms with van der Waals surface area (Å²) in [4.78, 5) is 24.0. The van der Waals surface area contributed by atoms with Crippen molar-refractivity contribution in [3.05, 3.63) is 28.9 Å². The number of thiophene rings is 1. The van der Waals surface area contributed by atoms with E-state index in [0.717, 1.165) is 67.3 Å². The van der Waals surface area contributed by atoms with E-state index in [4.69, 9.17) is 15.2 Å². The third kappa shape index (κ3) is 4.22. The van der Waals surface area contributed by atoms with E-state index in [-0.39, 0.29) is 0 Å². The number of hydrogen-bond donors (Lipinski definition) is 3. The van der Waals surface area contributed by atoms with Crippen LogP contribution < -0.4 is 15.8 Å². The number of rotatable bonds is 4. The average molecular weight is 486 g/mol. The molecule has 4 heterocycles. The summed E-state index contributed by atoms with van der Waals surface area (Å²) in [7, 11) is 1.63. The maximum Gasteiger partial charge on any atom is 0.209 e. The predicted octanol–water partition coefficient (Wildman–Crippen LogP) is 3.67. The summed E-state index contributed by atoms with van der Waals surface area (Å²) in [5.74, 6) is 1.48. The van der Waals surface area contributed by atoms with Crippen LogP contribution in [0.25, 0.3) is 10.2 Å². The SMILES string of the molecule is COc1cc(N)c(S)cc1Nc1ncnc2sc3c(c12)CCCC3.O=CN1CC2(COC2)C1. The standard InChI is InChI=1S/C17H18N4OS2.C6H9NO2/c1-22-12-6-10(18)13(23)7-11(12)21-16-15-9-4-2-3-5-14(9)24-17(15)20-8-19-16;8-5-7-1-6(2-7)3-9-4-6/h6-8,23H,2-5,18H2,1H3,(H,19,20,21);5H,1-4H2. The molecule has 0 bridgehead atoms. The van der Waals surface area contributed by atoms with Crippen molar-refractivity contribution in [2.24, 2.45) is 5.41 Å². The molecule has 174 valence electrons. The molecule has 6 rings (SSSR count). The van der Waals surface area contributed by atoms with Gasteiger partial charge in [-0.25, -0.2) is 9.97 Å². The molecule has 0 radical (unpaired) electrons. The van der Waals surface area contributed by atoms with Gasteiger partial charge >= 0.3 is 0 Å². The minimum absolute atomic E-state index is 0.390. The number of methoxy groups -OCH3 is 1. The maximum absolute atomic E-state index is 10.1. The smallest absolute Gasteiger partial charge is 0.209 e. The highest BCUT2D eigenvalue weighted by Gasteiger charge is 2.48. The van der Waals surface area contributed by atoms with E-state index in [1.165, 1.54) is 23.3 Å². The Morgan fingerprint density at radius 3 is 2.76 bits per heavy atom. The third-order valence-corrected chi connectivity index (χ3v) is 7.98. The van der Waals surface area contributed by atoms with E-state index < -0.39 is 0 Å². The Labute approximate surface area is 201 Å². The fraction of sp³-hybridized carbons (Fsp3) is 0.435. The largest absolute Gasteiger partial charge is 0.494 e. The number of thiol groups is 1. The first-order valence-corrected chi connectivity index (χ1v) is 12.2. The van der Waals surface area contributed by atoms with Crippen LogP contribution in [0.1, 0.15) is 23.3 Å². The van der Waals surface area contributed by atoms with Gasteiger partial charge < -0.3 is 25.4 Å². The van der Waals surface area contributed by atoms with E-state index in [0.29, 0.717) is 21.7 Å². The quantitative estimate of drug-likeness (QED) is 0.294. The zero-order valence-corrected chi connectivity index (χ0v) is 20.2. The maximum atomic E-state index is 10.1. The van der Waals surface area contributed by atoms with Gasteiger partial charge in [-0.15, -0.1) is 24.0 Å². The normalized spacial score (nSPS) is 17.9. The monoisotopic (exact) mass is 485 g/mol. The molecule has 0 unspecified atom stereocenters. The zero-order valence-electron chi connectivity index (χ0n) is 18.5. The number of hydrogen-bond acceptors (Lipinski definition) is 9. The van der Waals surface area contributed by atoms with Crippen molar-refractivity contribution in [3.8, 4) is 5.75 Å². The molecule has 1 spiro atoms. The fourth-order valence-electron chi connectivity index (χ4n) is 4.63. The van der Waals surface area contributed by atoms with Crippen molar-refractivity contribution >= 4 is 57.8 Å². The number of fused-ring (bicyclic) bond motifs is 3. The van der Waals surface area contributed by atoms with Gasteiger partial charge in [0, 0.05) is 34.6 Å². The molecule has 2 aromatic heterocycles. The lowest BCUT2D eigenvalue weighted by Gasteiger charge is -2.53. The van der Waals surface area contributed by atoms with E-state index in [2.05, 4.69) is 27.9 Å². The number of aryl methyl sites for hydroxylation is 2. The number of likely N-dealkylation sites (tertiary alicyclic amines) is 1. The summed E-state index contributed by atoms with van der Waals surface area (Å²) in [5, 5.41) is 4.53. The van der Waals surface area contributed by atoms with Crippen molar-refractivity contribution in [2.45, 2.75) is 30.6 Å². The molecule has 1 aromatic carbocycles. The van der Waals surface area contributed by atoms with Gasteiger partial charge in [0.1, 0.15) is 22.7 Å². The molecule has 1 aliphatic carbocycles. The lowest BCUT2D eigenvalue weighted by Crippen LogP contribution is -2.65. The van der Waals surface area contributed by atoms with Gasteiger partial charge in [-0.2, -0.15) is 0 Å². The van der Waals surface area contributed by atoms with Gasteiger partial charge in [-0.05, 0) is 37.3 Å². The van der Waals surface area contributed by atoms with Crippen LogP contribution in [0.3, 0.4) is 0 Å². The van der Waals surface area contributed by atoms with Gasteiger partial charge in [-0.1, -0.05) is 0 Å². The summed E-state index contributed by atoms with van der Waals surface area (Å²) < 4.78 is 10.5. The van der Waals surface area contributed by atoms with Gasteiger partial charge in [0.2, 0.25) is 6.41 Å². The number of anilines is 3. The molecule has 33 heavy (non-hydrogen) atoms. The molecular formula is C23H27N5O3S2. The van der Waals surface area contributed by atoms with Crippen molar-refractivity contribution < 1.29 is 14.3 Å². The molecule has 0 atom stereocenters. The van der Waals surface area contributed by atoms with Crippen LogP contribution in [0.4, 0.5) is 17.2 Å². The Morgan fingerprint density at radius 2 is 2.06 bits per heavy atom. The van der Waals surface area contributed by atoms with Crippen molar-refractivity contribution in [1.29, 1.82) is 0 Å².